The lowest BCUT2D eigenvalue weighted by atomic mass is 9.99. The summed E-state index contributed by atoms with van der Waals surface area (Å²) in [7, 11) is 0. The molecule has 90 valence electrons. The predicted octanol–water partition coefficient (Wildman–Crippen LogP) is 5.30. The largest absolute Gasteiger partial charge is 0.255 e. The number of aromatic nitrogens is 1. The first kappa shape index (κ1) is 10.9. The number of rotatable bonds is 0. The Morgan fingerprint density at radius 3 is 2.53 bits per heavy atom. The Morgan fingerprint density at radius 1 is 0.737 bits per heavy atom. The summed E-state index contributed by atoms with van der Waals surface area (Å²) in [5.74, 6) is 0. The van der Waals surface area contributed by atoms with E-state index >= 15 is 0 Å². The van der Waals surface area contributed by atoms with Gasteiger partial charge < -0.3 is 0 Å². The maximum atomic E-state index is 4.46. The zero-order valence-electron chi connectivity index (χ0n) is 10.1. The van der Waals surface area contributed by atoms with Gasteiger partial charge in [-0.1, -0.05) is 42.5 Å². The Labute approximate surface area is 119 Å². The van der Waals surface area contributed by atoms with E-state index in [0.29, 0.717) is 0 Å². The highest BCUT2D eigenvalue weighted by Crippen LogP contribution is 2.34. The highest BCUT2D eigenvalue weighted by molar-refractivity contribution is 9.10. The third-order valence-corrected chi connectivity index (χ3v) is 4.17. The van der Waals surface area contributed by atoms with Gasteiger partial charge in [-0.2, -0.15) is 0 Å². The summed E-state index contributed by atoms with van der Waals surface area (Å²) in [6.45, 7) is 0. The summed E-state index contributed by atoms with van der Waals surface area (Å²) in [5, 5.41) is 6.27. The van der Waals surface area contributed by atoms with Crippen LogP contribution in [0.3, 0.4) is 0 Å². The molecule has 0 aliphatic carbocycles. The van der Waals surface area contributed by atoms with Crippen molar-refractivity contribution >= 4 is 48.4 Å². The highest BCUT2D eigenvalue weighted by atomic mass is 79.9. The topological polar surface area (TPSA) is 12.9 Å². The average molecular weight is 308 g/mol. The number of nitrogens with zero attached hydrogens (tertiary/aromatic N) is 1. The zero-order valence-corrected chi connectivity index (χ0v) is 11.7. The molecule has 0 radical (unpaired) electrons. The van der Waals surface area contributed by atoms with Crippen molar-refractivity contribution in [2.45, 2.75) is 0 Å². The normalized spacial score (nSPS) is 11.4. The number of hydrogen-bond donors (Lipinski definition) is 0. The molecular formula is C17H10BrN. The molecule has 1 aromatic heterocycles. The molecule has 0 aliphatic rings. The molecule has 0 spiro atoms. The smallest absolute Gasteiger partial charge is 0.0850 e. The van der Waals surface area contributed by atoms with Crippen LogP contribution in [0.4, 0.5) is 0 Å². The van der Waals surface area contributed by atoms with Crippen LogP contribution in [0.5, 0.6) is 0 Å². The Hall–Kier alpha value is -1.93. The molecular weight excluding hydrogens is 298 g/mol. The number of benzene rings is 3. The van der Waals surface area contributed by atoms with Gasteiger partial charge in [-0.25, -0.2) is 0 Å². The van der Waals surface area contributed by atoms with Crippen molar-refractivity contribution in [2.75, 3.05) is 0 Å². The second-order valence-electron chi connectivity index (χ2n) is 4.64. The van der Waals surface area contributed by atoms with E-state index in [0.717, 1.165) is 9.99 Å². The zero-order chi connectivity index (χ0) is 12.8. The summed E-state index contributed by atoms with van der Waals surface area (Å²) in [5.41, 5.74) is 1.02. The van der Waals surface area contributed by atoms with Crippen molar-refractivity contribution in [3.05, 3.63) is 65.3 Å². The molecule has 4 rings (SSSR count). The molecule has 0 unspecified atom stereocenters. The molecule has 1 nitrogen and oxygen atoms in total. The molecule has 1 heterocycles. The fourth-order valence-corrected chi connectivity index (χ4v) is 3.24. The fourth-order valence-electron chi connectivity index (χ4n) is 2.69. The molecule has 0 amide bonds. The van der Waals surface area contributed by atoms with Gasteiger partial charge in [-0.05, 0) is 49.6 Å². The summed E-state index contributed by atoms with van der Waals surface area (Å²) >= 11 is 3.64. The number of pyridine rings is 1. The van der Waals surface area contributed by atoms with E-state index < -0.39 is 0 Å². The van der Waals surface area contributed by atoms with Gasteiger partial charge >= 0.3 is 0 Å². The molecule has 0 bridgehead atoms. The van der Waals surface area contributed by atoms with Crippen molar-refractivity contribution in [2.24, 2.45) is 0 Å². The van der Waals surface area contributed by atoms with Crippen LogP contribution in [0.15, 0.2) is 65.3 Å². The third kappa shape index (κ3) is 1.57. The van der Waals surface area contributed by atoms with Crippen LogP contribution in [0.2, 0.25) is 0 Å². The Balaban J connectivity index is 2.34. The van der Waals surface area contributed by atoms with E-state index in [1.807, 2.05) is 12.3 Å². The molecule has 0 atom stereocenters. The molecule has 3 aromatic carbocycles. The number of hydrogen-bond acceptors (Lipinski definition) is 1. The van der Waals surface area contributed by atoms with Crippen molar-refractivity contribution in [3.8, 4) is 0 Å². The second-order valence-corrected chi connectivity index (χ2v) is 5.49. The fraction of sp³-hybridized carbons (Fsp3) is 0. The van der Waals surface area contributed by atoms with Crippen molar-refractivity contribution < 1.29 is 0 Å². The molecule has 0 N–H and O–H groups in total. The van der Waals surface area contributed by atoms with Crippen LogP contribution in [0.1, 0.15) is 0 Å². The monoisotopic (exact) mass is 307 g/mol. The van der Waals surface area contributed by atoms with Crippen LogP contribution in [-0.2, 0) is 0 Å². The van der Waals surface area contributed by atoms with Crippen molar-refractivity contribution in [1.82, 2.24) is 4.98 Å². The first-order valence-electron chi connectivity index (χ1n) is 6.19. The van der Waals surface area contributed by atoms with Crippen molar-refractivity contribution in [3.63, 3.8) is 0 Å². The van der Waals surface area contributed by atoms with E-state index in [1.165, 1.54) is 26.9 Å². The van der Waals surface area contributed by atoms with Crippen LogP contribution < -0.4 is 0 Å². The number of fused-ring (bicyclic) bond motifs is 5. The maximum Gasteiger partial charge on any atom is 0.0850 e. The van der Waals surface area contributed by atoms with E-state index in [9.17, 15) is 0 Å². The minimum atomic E-state index is 1.02. The van der Waals surface area contributed by atoms with Gasteiger partial charge in [0.25, 0.3) is 0 Å². The standard InChI is InChI=1S/C17H10BrN/c18-16-10-15-12-5-2-1-4-11(12)7-8-13(15)14-6-3-9-19-17(14)16/h1-10H. The molecule has 2 heteroatoms. The van der Waals surface area contributed by atoms with Gasteiger partial charge in [0, 0.05) is 16.1 Å². The molecule has 0 saturated carbocycles. The Kier molecular flexibility index (Phi) is 2.32. The highest BCUT2D eigenvalue weighted by Gasteiger charge is 2.07. The van der Waals surface area contributed by atoms with Gasteiger partial charge in [-0.15, -0.1) is 0 Å². The minimum Gasteiger partial charge on any atom is -0.255 e. The van der Waals surface area contributed by atoms with Crippen molar-refractivity contribution in [1.29, 1.82) is 0 Å². The van der Waals surface area contributed by atoms with Gasteiger partial charge in [0.15, 0.2) is 0 Å². The third-order valence-electron chi connectivity index (χ3n) is 3.57. The van der Waals surface area contributed by atoms with E-state index in [1.54, 1.807) is 0 Å². The van der Waals surface area contributed by atoms with Crippen LogP contribution in [-0.4, -0.2) is 4.98 Å². The molecule has 0 aliphatic heterocycles. The van der Waals surface area contributed by atoms with E-state index in [-0.39, 0.29) is 0 Å². The summed E-state index contributed by atoms with van der Waals surface area (Å²) in [4.78, 5) is 4.46. The van der Waals surface area contributed by atoms with Crippen LogP contribution in [0, 0.1) is 0 Å². The molecule has 0 saturated heterocycles. The Bertz CT molecular complexity index is 928. The van der Waals surface area contributed by atoms with Crippen LogP contribution >= 0.6 is 15.9 Å². The molecule has 19 heavy (non-hydrogen) atoms. The first-order chi connectivity index (χ1) is 9.34. The minimum absolute atomic E-state index is 1.02. The number of halogens is 1. The van der Waals surface area contributed by atoms with Gasteiger partial charge in [-0.3, -0.25) is 4.98 Å². The van der Waals surface area contributed by atoms with Crippen LogP contribution in [0.25, 0.3) is 32.4 Å². The van der Waals surface area contributed by atoms with Gasteiger partial charge in [0.1, 0.15) is 0 Å². The van der Waals surface area contributed by atoms with Gasteiger partial charge in [0.05, 0.1) is 5.52 Å². The lowest BCUT2D eigenvalue weighted by Crippen LogP contribution is -1.84. The van der Waals surface area contributed by atoms with E-state index in [4.69, 9.17) is 0 Å². The SMILES string of the molecule is Brc1cc2c3ccccc3ccc2c2cccnc12. The first-order valence-corrected chi connectivity index (χ1v) is 6.98. The summed E-state index contributed by atoms with van der Waals surface area (Å²) < 4.78 is 1.05. The quantitative estimate of drug-likeness (QED) is 0.401. The van der Waals surface area contributed by atoms with E-state index in [2.05, 4.69) is 69.4 Å². The lowest BCUT2D eigenvalue weighted by Gasteiger charge is -2.08. The average Bonchev–Trinajstić information content (AvgIpc) is 2.47. The molecule has 0 fully saturated rings. The second kappa shape index (κ2) is 4.04. The summed E-state index contributed by atoms with van der Waals surface area (Å²) in [6, 6.07) is 19.1. The lowest BCUT2D eigenvalue weighted by molar-refractivity contribution is 1.41. The Morgan fingerprint density at radius 2 is 1.58 bits per heavy atom. The maximum absolute atomic E-state index is 4.46. The van der Waals surface area contributed by atoms with Gasteiger partial charge in [0.2, 0.25) is 0 Å². The predicted molar refractivity (Wildman–Crippen MR) is 84.5 cm³/mol. The molecule has 4 aromatic rings. The summed E-state index contributed by atoms with van der Waals surface area (Å²) in [6.07, 6.45) is 1.83.